The molecule has 32 heavy (non-hydrogen) atoms. The van der Waals surface area contributed by atoms with Crippen molar-refractivity contribution in [2.75, 3.05) is 0 Å². The van der Waals surface area contributed by atoms with Gasteiger partial charge in [-0.3, -0.25) is 4.55 Å². The van der Waals surface area contributed by atoms with E-state index in [0.29, 0.717) is 30.1 Å². The van der Waals surface area contributed by atoms with Gasteiger partial charge in [-0.15, -0.1) is 0 Å². The van der Waals surface area contributed by atoms with Crippen molar-refractivity contribution in [3.05, 3.63) is 34.9 Å². The third-order valence-corrected chi connectivity index (χ3v) is 10.2. The smallest absolute Gasteiger partial charge is 0.264 e. The highest BCUT2D eigenvalue weighted by atomic mass is 32.3. The van der Waals surface area contributed by atoms with Crippen molar-refractivity contribution in [3.63, 3.8) is 0 Å². The molecule has 0 aromatic rings. The van der Waals surface area contributed by atoms with Crippen molar-refractivity contribution in [1.82, 2.24) is 0 Å². The van der Waals surface area contributed by atoms with Gasteiger partial charge in [-0.1, -0.05) is 55.7 Å². The zero-order valence-corrected chi connectivity index (χ0v) is 21.4. The minimum absolute atomic E-state index is 0.0949. The SMILES string of the molecule is CC(C)=CCCC(C)C1CCC2C3=CC=C4CC(OS(=O)(=O)O)CCC4(C)C3CCC21C. The Hall–Kier alpha value is -0.910. The van der Waals surface area contributed by atoms with Crippen LogP contribution in [-0.2, 0) is 14.6 Å². The van der Waals surface area contributed by atoms with Crippen LogP contribution < -0.4 is 0 Å². The summed E-state index contributed by atoms with van der Waals surface area (Å²) in [5.74, 6) is 2.80. The first-order valence-corrected chi connectivity index (χ1v) is 14.0. The second-order valence-electron chi connectivity index (χ2n) is 11.8. The number of fused-ring (bicyclic) bond motifs is 5. The largest absolute Gasteiger partial charge is 0.397 e. The Labute approximate surface area is 195 Å². The number of hydrogen-bond donors (Lipinski definition) is 1. The van der Waals surface area contributed by atoms with Crippen LogP contribution in [-0.4, -0.2) is 19.1 Å². The van der Waals surface area contributed by atoms with Gasteiger partial charge in [0.25, 0.3) is 0 Å². The van der Waals surface area contributed by atoms with Crippen LogP contribution in [0.3, 0.4) is 0 Å². The molecule has 0 bridgehead atoms. The fourth-order valence-corrected chi connectivity index (χ4v) is 8.54. The van der Waals surface area contributed by atoms with Crippen LogP contribution in [0.15, 0.2) is 34.9 Å². The first kappa shape index (κ1) is 24.2. The molecule has 0 spiro atoms. The summed E-state index contributed by atoms with van der Waals surface area (Å²) >= 11 is 0. The van der Waals surface area contributed by atoms with Gasteiger partial charge in [-0.2, -0.15) is 8.42 Å². The molecule has 0 amide bonds. The van der Waals surface area contributed by atoms with Gasteiger partial charge < -0.3 is 0 Å². The van der Waals surface area contributed by atoms with Crippen molar-refractivity contribution in [3.8, 4) is 0 Å². The molecule has 7 atom stereocenters. The summed E-state index contributed by atoms with van der Waals surface area (Å²) in [6.45, 7) is 11.8. The van der Waals surface area contributed by atoms with Gasteiger partial charge in [0.2, 0.25) is 0 Å². The van der Waals surface area contributed by atoms with E-state index in [1.807, 2.05) is 0 Å². The lowest BCUT2D eigenvalue weighted by atomic mass is 9.50. The van der Waals surface area contributed by atoms with E-state index < -0.39 is 16.5 Å². The van der Waals surface area contributed by atoms with E-state index in [9.17, 15) is 8.42 Å². The van der Waals surface area contributed by atoms with Crippen molar-refractivity contribution in [1.29, 1.82) is 0 Å². The molecular formula is C27H42O4S. The molecule has 1 N–H and O–H groups in total. The Balaban J connectivity index is 1.53. The maximum absolute atomic E-state index is 11.2. The zero-order chi connectivity index (χ0) is 23.3. The van der Waals surface area contributed by atoms with Crippen molar-refractivity contribution < 1.29 is 17.2 Å². The lowest BCUT2D eigenvalue weighted by molar-refractivity contribution is 0.0359. The standard InChI is InChI=1S/C27H42O4S/c1-18(2)7-6-8-19(3)23-11-12-24-22-10-9-20-17-21(31-32(28,29)30)13-15-26(20,4)25(22)14-16-27(23,24)5/h7,9-10,19,21,23-25H,6,8,11-17H2,1-5H3,(H,28,29,30). The molecule has 0 aromatic carbocycles. The lowest BCUT2D eigenvalue weighted by Crippen LogP contribution is -2.46. The topological polar surface area (TPSA) is 63.6 Å². The fraction of sp³-hybridized carbons (Fsp3) is 0.778. The highest BCUT2D eigenvalue weighted by Crippen LogP contribution is 2.66. The summed E-state index contributed by atoms with van der Waals surface area (Å²) in [7, 11) is -4.40. The molecule has 5 heteroatoms. The van der Waals surface area contributed by atoms with Crippen molar-refractivity contribution in [2.45, 2.75) is 98.5 Å². The molecule has 4 rings (SSSR count). The fourth-order valence-electron chi connectivity index (χ4n) is 8.03. The average Bonchev–Trinajstić information content (AvgIpc) is 3.04. The van der Waals surface area contributed by atoms with Crippen LogP contribution in [0.2, 0.25) is 0 Å². The van der Waals surface area contributed by atoms with Crippen LogP contribution in [0.4, 0.5) is 0 Å². The first-order chi connectivity index (χ1) is 14.9. The molecule has 0 aliphatic heterocycles. The average molecular weight is 463 g/mol. The predicted molar refractivity (Wildman–Crippen MR) is 129 cm³/mol. The number of rotatable bonds is 6. The predicted octanol–water partition coefficient (Wildman–Crippen LogP) is 7.06. The summed E-state index contributed by atoms with van der Waals surface area (Å²) in [5, 5.41) is 0. The molecule has 4 aliphatic rings. The second-order valence-corrected chi connectivity index (χ2v) is 12.9. The van der Waals surface area contributed by atoms with Crippen LogP contribution in [0, 0.1) is 34.5 Å². The molecule has 0 saturated heterocycles. The number of allylic oxidation sites excluding steroid dienone is 5. The van der Waals surface area contributed by atoms with Crippen LogP contribution >= 0.6 is 0 Å². The Morgan fingerprint density at radius 3 is 2.59 bits per heavy atom. The van der Waals surface area contributed by atoms with Gasteiger partial charge in [0.05, 0.1) is 6.10 Å². The zero-order valence-electron chi connectivity index (χ0n) is 20.6. The summed E-state index contributed by atoms with van der Waals surface area (Å²) in [4.78, 5) is 0. The minimum atomic E-state index is -4.40. The molecule has 3 fully saturated rings. The molecule has 0 radical (unpaired) electrons. The molecule has 7 unspecified atom stereocenters. The van der Waals surface area contributed by atoms with E-state index in [-0.39, 0.29) is 5.41 Å². The van der Waals surface area contributed by atoms with E-state index in [0.717, 1.165) is 18.3 Å². The summed E-state index contributed by atoms with van der Waals surface area (Å²) < 4.78 is 36.5. The maximum Gasteiger partial charge on any atom is 0.397 e. The number of hydrogen-bond acceptors (Lipinski definition) is 3. The third kappa shape index (κ3) is 4.42. The van der Waals surface area contributed by atoms with E-state index in [1.54, 1.807) is 5.57 Å². The van der Waals surface area contributed by atoms with Gasteiger partial charge in [0, 0.05) is 0 Å². The second kappa shape index (κ2) is 8.70. The van der Waals surface area contributed by atoms with Gasteiger partial charge in [0.15, 0.2) is 0 Å². The first-order valence-electron chi connectivity index (χ1n) is 12.6. The molecular weight excluding hydrogens is 420 g/mol. The van der Waals surface area contributed by atoms with Gasteiger partial charge >= 0.3 is 10.4 Å². The van der Waals surface area contributed by atoms with Gasteiger partial charge in [-0.05, 0) is 106 Å². The highest BCUT2D eigenvalue weighted by molar-refractivity contribution is 7.80. The summed E-state index contributed by atoms with van der Waals surface area (Å²) in [6, 6.07) is 0. The van der Waals surface area contributed by atoms with Crippen LogP contribution in [0.25, 0.3) is 0 Å². The van der Waals surface area contributed by atoms with Crippen molar-refractivity contribution >= 4 is 10.4 Å². The Bertz CT molecular complexity index is 925. The lowest BCUT2D eigenvalue weighted by Gasteiger charge is -2.55. The van der Waals surface area contributed by atoms with Crippen LogP contribution in [0.1, 0.15) is 92.4 Å². The monoisotopic (exact) mass is 462 g/mol. The summed E-state index contributed by atoms with van der Waals surface area (Å²) in [6.07, 6.45) is 16.5. The molecule has 0 aromatic heterocycles. The van der Waals surface area contributed by atoms with E-state index in [2.05, 4.69) is 52.8 Å². The van der Waals surface area contributed by atoms with E-state index in [1.165, 1.54) is 49.7 Å². The Kier molecular flexibility index (Phi) is 6.59. The highest BCUT2D eigenvalue weighted by Gasteiger charge is 2.57. The molecule has 180 valence electrons. The molecule has 0 heterocycles. The quantitative estimate of drug-likeness (QED) is 0.339. The van der Waals surface area contributed by atoms with Crippen LogP contribution in [0.5, 0.6) is 0 Å². The van der Waals surface area contributed by atoms with E-state index in [4.69, 9.17) is 8.74 Å². The van der Waals surface area contributed by atoms with E-state index >= 15 is 0 Å². The minimum Gasteiger partial charge on any atom is -0.264 e. The maximum atomic E-state index is 11.2. The van der Waals surface area contributed by atoms with Crippen molar-refractivity contribution in [2.24, 2.45) is 34.5 Å². The van der Waals surface area contributed by atoms with Gasteiger partial charge in [0.1, 0.15) is 0 Å². The van der Waals surface area contributed by atoms with Gasteiger partial charge in [-0.25, -0.2) is 4.18 Å². The normalized spacial score (nSPS) is 39.8. The molecule has 4 nitrogen and oxygen atoms in total. The Morgan fingerprint density at radius 1 is 1.16 bits per heavy atom. The third-order valence-electron chi connectivity index (χ3n) is 9.72. The summed E-state index contributed by atoms with van der Waals surface area (Å²) in [5.41, 5.74) is 4.89. The molecule has 3 saturated carbocycles. The Morgan fingerprint density at radius 2 is 1.91 bits per heavy atom. The molecule has 4 aliphatic carbocycles.